The maximum Gasteiger partial charge on any atom is 0.327 e. The van der Waals surface area contributed by atoms with Crippen LogP contribution >= 0.6 is 0 Å². The lowest BCUT2D eigenvalue weighted by Crippen LogP contribution is -2.21. The maximum absolute atomic E-state index is 11.4. The molecular formula is C8H10N4O4S. The molecule has 0 bridgehead atoms. The number of H-pyrrole nitrogens is 3. The van der Waals surface area contributed by atoms with Crippen LogP contribution in [0.3, 0.4) is 0 Å². The van der Waals surface area contributed by atoms with Crippen molar-refractivity contribution in [3.05, 3.63) is 26.7 Å². The highest BCUT2D eigenvalue weighted by molar-refractivity contribution is 7.90. The normalized spacial score (nSPS) is 14.0. The molecule has 2 aromatic heterocycles. The third-order valence-electron chi connectivity index (χ3n) is 2.44. The van der Waals surface area contributed by atoms with Gasteiger partial charge in [-0.25, -0.2) is 18.2 Å². The number of hydrogen-bond donors (Lipinski definition) is 3. The molecule has 0 saturated heterocycles. The molecule has 3 N–H and O–H groups in total. The van der Waals surface area contributed by atoms with Gasteiger partial charge in [-0.05, 0) is 6.92 Å². The van der Waals surface area contributed by atoms with Gasteiger partial charge in [-0.1, -0.05) is 0 Å². The average molecular weight is 258 g/mol. The molecular weight excluding hydrogens is 248 g/mol. The van der Waals surface area contributed by atoms with Crippen LogP contribution in [0.25, 0.3) is 11.2 Å². The Kier molecular flexibility index (Phi) is 2.42. The number of imidazole rings is 1. The summed E-state index contributed by atoms with van der Waals surface area (Å²) >= 11 is 0. The third-order valence-corrected chi connectivity index (χ3v) is 3.94. The van der Waals surface area contributed by atoms with Gasteiger partial charge in [-0.3, -0.25) is 14.8 Å². The summed E-state index contributed by atoms with van der Waals surface area (Å²) in [5.74, 6) is 0.120. The number of aromatic nitrogens is 4. The number of rotatable bonds is 2. The van der Waals surface area contributed by atoms with Gasteiger partial charge in [0, 0.05) is 6.26 Å². The zero-order valence-corrected chi connectivity index (χ0v) is 9.88. The SMILES string of the molecule is CC(c1nc2[nH]c(=O)[nH]c(=O)c2[nH]1)S(C)(=O)=O. The molecule has 0 aliphatic rings. The molecule has 92 valence electrons. The number of sulfone groups is 1. The minimum Gasteiger partial charge on any atom is -0.335 e. The Bertz CT molecular complexity index is 782. The van der Waals surface area contributed by atoms with E-state index in [1.807, 2.05) is 4.98 Å². The Morgan fingerprint density at radius 3 is 2.41 bits per heavy atom. The Morgan fingerprint density at radius 2 is 1.82 bits per heavy atom. The number of aromatic amines is 3. The van der Waals surface area contributed by atoms with Crippen molar-refractivity contribution in [1.29, 1.82) is 0 Å². The van der Waals surface area contributed by atoms with Crippen LogP contribution in [0.2, 0.25) is 0 Å². The fourth-order valence-electron chi connectivity index (χ4n) is 1.35. The molecule has 0 aliphatic carbocycles. The summed E-state index contributed by atoms with van der Waals surface area (Å²) in [7, 11) is -3.32. The molecule has 8 nitrogen and oxygen atoms in total. The van der Waals surface area contributed by atoms with Crippen LogP contribution in [0, 0.1) is 0 Å². The molecule has 0 aromatic carbocycles. The molecule has 0 saturated carbocycles. The van der Waals surface area contributed by atoms with E-state index in [4.69, 9.17) is 0 Å². The first-order valence-corrected chi connectivity index (χ1v) is 6.65. The highest BCUT2D eigenvalue weighted by atomic mass is 32.2. The highest BCUT2D eigenvalue weighted by Crippen LogP contribution is 2.18. The van der Waals surface area contributed by atoms with E-state index in [0.29, 0.717) is 0 Å². The fraction of sp³-hybridized carbons (Fsp3) is 0.375. The minimum atomic E-state index is -3.32. The van der Waals surface area contributed by atoms with Crippen LogP contribution in [-0.4, -0.2) is 34.6 Å². The average Bonchev–Trinajstić information content (AvgIpc) is 2.58. The third kappa shape index (κ3) is 2.00. The standard InChI is InChI=1S/C8H10N4O4S/c1-3(17(2,15)16)5-9-4-6(10-5)11-8(14)12-7(4)13/h3H,1-2H3,(H3,9,10,11,12,13,14). The Hall–Kier alpha value is -1.90. The van der Waals surface area contributed by atoms with Crippen molar-refractivity contribution in [2.75, 3.05) is 6.26 Å². The van der Waals surface area contributed by atoms with E-state index in [1.54, 1.807) is 0 Å². The molecule has 2 aromatic rings. The van der Waals surface area contributed by atoms with Crippen molar-refractivity contribution in [2.45, 2.75) is 12.2 Å². The van der Waals surface area contributed by atoms with Crippen molar-refractivity contribution in [2.24, 2.45) is 0 Å². The van der Waals surface area contributed by atoms with Gasteiger partial charge in [-0.2, -0.15) is 0 Å². The number of nitrogens with one attached hydrogen (secondary N) is 3. The van der Waals surface area contributed by atoms with Gasteiger partial charge in [-0.15, -0.1) is 0 Å². The predicted molar refractivity (Wildman–Crippen MR) is 60.6 cm³/mol. The fourth-order valence-corrected chi connectivity index (χ4v) is 1.86. The second-order valence-electron chi connectivity index (χ2n) is 3.73. The topological polar surface area (TPSA) is 129 Å². The summed E-state index contributed by atoms with van der Waals surface area (Å²) < 4.78 is 22.7. The Morgan fingerprint density at radius 1 is 1.18 bits per heavy atom. The van der Waals surface area contributed by atoms with Crippen molar-refractivity contribution in [3.8, 4) is 0 Å². The van der Waals surface area contributed by atoms with E-state index in [0.717, 1.165) is 6.26 Å². The van der Waals surface area contributed by atoms with Crippen molar-refractivity contribution >= 4 is 21.0 Å². The number of nitrogens with zero attached hydrogens (tertiary/aromatic N) is 1. The van der Waals surface area contributed by atoms with Crippen LogP contribution in [-0.2, 0) is 9.84 Å². The van der Waals surface area contributed by atoms with E-state index in [1.165, 1.54) is 6.92 Å². The summed E-state index contributed by atoms with van der Waals surface area (Å²) in [6, 6.07) is 0. The summed E-state index contributed by atoms with van der Waals surface area (Å²) in [5.41, 5.74) is -1.23. The highest BCUT2D eigenvalue weighted by Gasteiger charge is 2.21. The van der Waals surface area contributed by atoms with E-state index in [2.05, 4.69) is 15.0 Å². The molecule has 17 heavy (non-hydrogen) atoms. The van der Waals surface area contributed by atoms with Crippen molar-refractivity contribution < 1.29 is 8.42 Å². The van der Waals surface area contributed by atoms with Gasteiger partial charge < -0.3 is 4.98 Å². The van der Waals surface area contributed by atoms with Crippen LogP contribution < -0.4 is 11.2 Å². The van der Waals surface area contributed by atoms with Crippen LogP contribution in [0.1, 0.15) is 18.0 Å². The number of fused-ring (bicyclic) bond motifs is 1. The van der Waals surface area contributed by atoms with Crippen LogP contribution in [0.5, 0.6) is 0 Å². The van der Waals surface area contributed by atoms with Crippen molar-refractivity contribution in [1.82, 2.24) is 19.9 Å². The molecule has 2 rings (SSSR count). The lowest BCUT2D eigenvalue weighted by Gasteiger charge is -2.03. The molecule has 9 heteroatoms. The van der Waals surface area contributed by atoms with E-state index in [-0.39, 0.29) is 17.0 Å². The second-order valence-corrected chi connectivity index (χ2v) is 6.09. The van der Waals surface area contributed by atoms with Crippen LogP contribution in [0.15, 0.2) is 9.59 Å². The Labute approximate surface area is 95.0 Å². The zero-order valence-electron chi connectivity index (χ0n) is 9.07. The Balaban J connectivity index is 2.72. The van der Waals surface area contributed by atoms with E-state index in [9.17, 15) is 18.0 Å². The first-order valence-electron chi connectivity index (χ1n) is 4.70. The molecule has 0 aliphatic heterocycles. The van der Waals surface area contributed by atoms with Gasteiger partial charge in [0.1, 0.15) is 16.6 Å². The predicted octanol–water partition coefficient (Wildman–Crippen LogP) is -0.955. The molecule has 0 amide bonds. The first kappa shape index (κ1) is 11.6. The lowest BCUT2D eigenvalue weighted by atomic mass is 10.5. The molecule has 0 fully saturated rings. The van der Waals surface area contributed by atoms with Gasteiger partial charge in [0.05, 0.1) is 0 Å². The number of hydrogen-bond acceptors (Lipinski definition) is 5. The summed E-state index contributed by atoms with van der Waals surface area (Å²) in [6.45, 7) is 1.44. The minimum absolute atomic E-state index is 0.0456. The van der Waals surface area contributed by atoms with E-state index >= 15 is 0 Å². The molecule has 1 atom stereocenters. The van der Waals surface area contributed by atoms with E-state index < -0.39 is 26.3 Å². The van der Waals surface area contributed by atoms with Gasteiger partial charge >= 0.3 is 5.69 Å². The summed E-state index contributed by atoms with van der Waals surface area (Å²) in [6.07, 6.45) is 1.07. The molecule has 1 unspecified atom stereocenters. The van der Waals surface area contributed by atoms with Gasteiger partial charge in [0.25, 0.3) is 5.56 Å². The molecule has 0 spiro atoms. The van der Waals surface area contributed by atoms with Crippen molar-refractivity contribution in [3.63, 3.8) is 0 Å². The smallest absolute Gasteiger partial charge is 0.327 e. The maximum atomic E-state index is 11.4. The zero-order chi connectivity index (χ0) is 12.8. The molecule has 0 radical (unpaired) electrons. The lowest BCUT2D eigenvalue weighted by molar-refractivity contribution is 0.590. The second kappa shape index (κ2) is 3.55. The summed E-state index contributed by atoms with van der Waals surface area (Å²) in [5, 5.41) is -0.877. The quantitative estimate of drug-likeness (QED) is 0.639. The van der Waals surface area contributed by atoms with Gasteiger partial charge in [0.15, 0.2) is 15.5 Å². The van der Waals surface area contributed by atoms with Gasteiger partial charge in [0.2, 0.25) is 0 Å². The first-order chi connectivity index (χ1) is 7.79. The van der Waals surface area contributed by atoms with Crippen LogP contribution in [0.4, 0.5) is 0 Å². The monoisotopic (exact) mass is 258 g/mol. The summed E-state index contributed by atoms with van der Waals surface area (Å²) in [4.78, 5) is 33.2. The molecule has 2 heterocycles. The largest absolute Gasteiger partial charge is 0.335 e.